The van der Waals surface area contributed by atoms with Crippen molar-refractivity contribution in [2.24, 2.45) is 0 Å². The monoisotopic (exact) mass is 457 g/mol. The Kier molecular flexibility index (Phi) is 7.57. The molecular weight excluding hydrogens is 426 g/mol. The van der Waals surface area contributed by atoms with Crippen LogP contribution in [0.5, 0.6) is 0 Å². The Labute approximate surface area is 190 Å². The molecule has 0 bridgehead atoms. The van der Waals surface area contributed by atoms with E-state index in [9.17, 15) is 13.2 Å². The third-order valence-corrected chi connectivity index (χ3v) is 7.50. The molecule has 1 amide bonds. The van der Waals surface area contributed by atoms with E-state index in [1.165, 1.54) is 23.3 Å². The normalized spacial score (nSPS) is 18.9. The van der Waals surface area contributed by atoms with E-state index in [-0.39, 0.29) is 23.5 Å². The second-order valence-corrected chi connectivity index (χ2v) is 10.2. The van der Waals surface area contributed by atoms with Crippen molar-refractivity contribution in [3.63, 3.8) is 0 Å². The van der Waals surface area contributed by atoms with Crippen molar-refractivity contribution in [2.45, 2.75) is 43.2 Å². The van der Waals surface area contributed by atoms with Gasteiger partial charge in [0, 0.05) is 44.9 Å². The van der Waals surface area contributed by atoms with Crippen LogP contribution in [-0.4, -0.2) is 58.1 Å². The van der Waals surface area contributed by atoms with Crippen molar-refractivity contribution >= 4 is 15.9 Å². The van der Waals surface area contributed by atoms with Crippen LogP contribution in [0.25, 0.3) is 0 Å². The Morgan fingerprint density at radius 3 is 2.78 bits per heavy atom. The van der Waals surface area contributed by atoms with Crippen LogP contribution in [0.4, 0.5) is 0 Å². The fourth-order valence-electron chi connectivity index (χ4n) is 4.25. The Balaban J connectivity index is 1.24. The van der Waals surface area contributed by atoms with E-state index in [1.54, 1.807) is 12.1 Å². The molecule has 1 saturated heterocycles. The van der Waals surface area contributed by atoms with Gasteiger partial charge >= 0.3 is 0 Å². The highest BCUT2D eigenvalue weighted by atomic mass is 32.2. The molecule has 0 aliphatic carbocycles. The summed E-state index contributed by atoms with van der Waals surface area (Å²) in [6.07, 6.45) is 3.63. The smallest absolute Gasteiger partial charge is 0.251 e. The summed E-state index contributed by atoms with van der Waals surface area (Å²) >= 11 is 0. The summed E-state index contributed by atoms with van der Waals surface area (Å²) < 4.78 is 33.2. The standard InChI is InChI=1S/C24H31N3O4S/c28-24(25-12-5-13-27-14-11-19-6-1-2-7-21(19)18-27)20-8-3-10-23(16-20)32(29,30)26-17-22-9-4-15-31-22/h1-3,6-8,10,16,22,26H,4-5,9,11-15,17-18H2,(H,25,28). The molecule has 7 nitrogen and oxygen atoms in total. The second-order valence-electron chi connectivity index (χ2n) is 8.42. The lowest BCUT2D eigenvalue weighted by atomic mass is 10.00. The van der Waals surface area contributed by atoms with E-state index in [4.69, 9.17) is 4.74 Å². The SMILES string of the molecule is O=C(NCCCN1CCc2ccccc2C1)c1cccc(S(=O)(=O)NCC2CCCO2)c1. The topological polar surface area (TPSA) is 87.7 Å². The Bertz CT molecular complexity index is 1040. The van der Waals surface area contributed by atoms with Gasteiger partial charge in [-0.1, -0.05) is 30.3 Å². The van der Waals surface area contributed by atoms with Crippen LogP contribution >= 0.6 is 0 Å². The number of carbonyl (C=O) groups excluding carboxylic acids is 1. The third-order valence-electron chi connectivity index (χ3n) is 6.08. The van der Waals surface area contributed by atoms with Gasteiger partial charge in [-0.25, -0.2) is 13.1 Å². The lowest BCUT2D eigenvalue weighted by molar-refractivity contribution is 0.0951. The molecule has 0 saturated carbocycles. The molecule has 2 N–H and O–H groups in total. The maximum atomic E-state index is 12.6. The first-order valence-corrected chi connectivity index (χ1v) is 12.8. The maximum absolute atomic E-state index is 12.6. The van der Waals surface area contributed by atoms with Gasteiger partial charge < -0.3 is 10.1 Å². The molecule has 1 unspecified atom stereocenters. The summed E-state index contributed by atoms with van der Waals surface area (Å²) in [4.78, 5) is 15.0. The average molecular weight is 458 g/mol. The van der Waals surface area contributed by atoms with E-state index in [0.717, 1.165) is 45.3 Å². The number of ether oxygens (including phenoxy) is 1. The van der Waals surface area contributed by atoms with E-state index in [1.807, 2.05) is 0 Å². The number of nitrogens with zero attached hydrogens (tertiary/aromatic N) is 1. The van der Waals surface area contributed by atoms with Gasteiger partial charge in [-0.3, -0.25) is 9.69 Å². The van der Waals surface area contributed by atoms with Crippen LogP contribution in [0.2, 0.25) is 0 Å². The number of amides is 1. The highest BCUT2D eigenvalue weighted by molar-refractivity contribution is 7.89. The molecule has 0 aromatic heterocycles. The Morgan fingerprint density at radius 1 is 1.12 bits per heavy atom. The first-order valence-electron chi connectivity index (χ1n) is 11.3. The van der Waals surface area contributed by atoms with E-state index in [0.29, 0.717) is 18.7 Å². The fraction of sp³-hybridized carbons (Fsp3) is 0.458. The van der Waals surface area contributed by atoms with Crippen molar-refractivity contribution < 1.29 is 17.9 Å². The Hall–Kier alpha value is -2.26. The lowest BCUT2D eigenvalue weighted by Gasteiger charge is -2.28. The molecule has 2 heterocycles. The first-order chi connectivity index (χ1) is 15.5. The van der Waals surface area contributed by atoms with Gasteiger partial charge in [-0.2, -0.15) is 0 Å². The summed E-state index contributed by atoms with van der Waals surface area (Å²) in [5.41, 5.74) is 3.16. The molecule has 8 heteroatoms. The zero-order chi connectivity index (χ0) is 22.4. The van der Waals surface area contributed by atoms with E-state index >= 15 is 0 Å². The predicted molar refractivity (Wildman–Crippen MR) is 123 cm³/mol. The predicted octanol–water partition coefficient (Wildman–Crippen LogP) is 2.32. The highest BCUT2D eigenvalue weighted by Crippen LogP contribution is 2.18. The van der Waals surface area contributed by atoms with Crippen molar-refractivity contribution in [1.82, 2.24) is 14.9 Å². The molecule has 2 aliphatic rings. The number of rotatable bonds is 9. The summed E-state index contributed by atoms with van der Waals surface area (Å²) in [6, 6.07) is 14.7. The molecule has 1 fully saturated rings. The number of nitrogens with one attached hydrogen (secondary N) is 2. The van der Waals surface area contributed by atoms with Gasteiger partial charge in [0.15, 0.2) is 0 Å². The highest BCUT2D eigenvalue weighted by Gasteiger charge is 2.21. The van der Waals surface area contributed by atoms with Gasteiger partial charge in [-0.05, 0) is 55.0 Å². The third kappa shape index (κ3) is 5.95. The van der Waals surface area contributed by atoms with E-state index < -0.39 is 10.0 Å². The number of hydrogen-bond acceptors (Lipinski definition) is 5. The molecule has 2 aromatic carbocycles. The van der Waals surface area contributed by atoms with Crippen molar-refractivity contribution in [2.75, 3.05) is 32.8 Å². The molecule has 4 rings (SSSR count). The first kappa shape index (κ1) is 22.9. The minimum absolute atomic E-state index is 0.0790. The van der Waals surface area contributed by atoms with Crippen LogP contribution in [0.3, 0.4) is 0 Å². The summed E-state index contributed by atoms with van der Waals surface area (Å²) in [5, 5.41) is 2.91. The molecule has 32 heavy (non-hydrogen) atoms. The number of hydrogen-bond donors (Lipinski definition) is 2. The average Bonchev–Trinajstić information content (AvgIpc) is 3.34. The minimum Gasteiger partial charge on any atom is -0.377 e. The van der Waals surface area contributed by atoms with Gasteiger partial charge in [-0.15, -0.1) is 0 Å². The number of sulfonamides is 1. The number of benzene rings is 2. The minimum atomic E-state index is -3.68. The maximum Gasteiger partial charge on any atom is 0.251 e. The Morgan fingerprint density at radius 2 is 1.97 bits per heavy atom. The zero-order valence-electron chi connectivity index (χ0n) is 18.3. The van der Waals surface area contributed by atoms with Crippen molar-refractivity contribution in [3.8, 4) is 0 Å². The summed E-state index contributed by atoms with van der Waals surface area (Å²) in [6.45, 7) is 4.36. The zero-order valence-corrected chi connectivity index (χ0v) is 19.1. The van der Waals surface area contributed by atoms with Crippen LogP contribution in [0, 0.1) is 0 Å². The fourth-order valence-corrected chi connectivity index (χ4v) is 5.36. The van der Waals surface area contributed by atoms with Gasteiger partial charge in [0.05, 0.1) is 11.0 Å². The van der Waals surface area contributed by atoms with Gasteiger partial charge in [0.2, 0.25) is 10.0 Å². The number of carbonyl (C=O) groups is 1. The van der Waals surface area contributed by atoms with E-state index in [2.05, 4.69) is 39.2 Å². The molecular formula is C24H31N3O4S. The number of fused-ring (bicyclic) bond motifs is 1. The molecule has 172 valence electrons. The molecule has 0 radical (unpaired) electrons. The van der Waals surface area contributed by atoms with Crippen molar-refractivity contribution in [1.29, 1.82) is 0 Å². The van der Waals surface area contributed by atoms with Gasteiger partial charge in [0.25, 0.3) is 5.91 Å². The summed E-state index contributed by atoms with van der Waals surface area (Å²) in [5.74, 6) is -0.259. The van der Waals surface area contributed by atoms with Crippen LogP contribution < -0.4 is 10.0 Å². The second kappa shape index (κ2) is 10.6. The molecule has 2 aliphatic heterocycles. The van der Waals surface area contributed by atoms with Crippen molar-refractivity contribution in [3.05, 3.63) is 65.2 Å². The largest absolute Gasteiger partial charge is 0.377 e. The summed E-state index contributed by atoms with van der Waals surface area (Å²) in [7, 11) is -3.68. The van der Waals surface area contributed by atoms with Crippen LogP contribution in [-0.2, 0) is 27.7 Å². The van der Waals surface area contributed by atoms with Gasteiger partial charge in [0.1, 0.15) is 0 Å². The molecule has 1 atom stereocenters. The molecule has 0 spiro atoms. The quantitative estimate of drug-likeness (QED) is 0.565. The van der Waals surface area contributed by atoms with Crippen LogP contribution in [0.1, 0.15) is 40.7 Å². The molecule has 2 aromatic rings. The lowest BCUT2D eigenvalue weighted by Crippen LogP contribution is -2.34. The van der Waals surface area contributed by atoms with Crippen LogP contribution in [0.15, 0.2) is 53.4 Å².